The minimum atomic E-state index is 0.147. The zero-order valence-electron chi connectivity index (χ0n) is 11.6. The lowest BCUT2D eigenvalue weighted by molar-refractivity contribution is 0.242. The highest BCUT2D eigenvalue weighted by molar-refractivity contribution is 7.80. The Bertz CT molecular complexity index is 553. The molecule has 0 atom stereocenters. The molecule has 106 valence electrons. The molecule has 0 spiro atoms. The zero-order valence-corrected chi connectivity index (χ0v) is 12.4. The number of thiocarbonyl (C=S) groups is 1. The number of ether oxygens (including phenoxy) is 1. The molecule has 0 aliphatic carbocycles. The second-order valence-electron chi connectivity index (χ2n) is 4.58. The van der Waals surface area contributed by atoms with Gasteiger partial charge in [-0.3, -0.25) is 0 Å². The minimum Gasteiger partial charge on any atom is -0.491 e. The molecular formula is C15H18N2O2S. The van der Waals surface area contributed by atoms with Crippen LogP contribution in [0.1, 0.15) is 19.6 Å². The fourth-order valence-corrected chi connectivity index (χ4v) is 1.87. The highest BCUT2D eigenvalue weighted by Crippen LogP contribution is 2.18. The average molecular weight is 290 g/mol. The predicted octanol–water partition coefficient (Wildman–Crippen LogP) is 3.55. The van der Waals surface area contributed by atoms with Gasteiger partial charge in [-0.15, -0.1) is 0 Å². The molecule has 1 aromatic heterocycles. The first-order valence-corrected chi connectivity index (χ1v) is 6.88. The highest BCUT2D eigenvalue weighted by Gasteiger charge is 2.02. The van der Waals surface area contributed by atoms with Crippen LogP contribution in [-0.4, -0.2) is 11.2 Å². The van der Waals surface area contributed by atoms with Crippen molar-refractivity contribution < 1.29 is 9.15 Å². The smallest absolute Gasteiger partial charge is 0.171 e. The molecule has 2 N–H and O–H groups in total. The number of rotatable bonds is 5. The van der Waals surface area contributed by atoms with Crippen LogP contribution >= 0.6 is 12.2 Å². The van der Waals surface area contributed by atoms with E-state index in [9.17, 15) is 0 Å². The Kier molecular flexibility index (Phi) is 5.01. The van der Waals surface area contributed by atoms with Crippen molar-refractivity contribution in [3.8, 4) is 5.75 Å². The topological polar surface area (TPSA) is 46.4 Å². The predicted molar refractivity (Wildman–Crippen MR) is 84.0 cm³/mol. The summed E-state index contributed by atoms with van der Waals surface area (Å²) in [6.07, 6.45) is 1.79. The van der Waals surface area contributed by atoms with Crippen LogP contribution in [0.4, 0.5) is 5.69 Å². The van der Waals surface area contributed by atoms with Crippen molar-refractivity contribution in [2.45, 2.75) is 26.5 Å². The molecule has 0 radical (unpaired) electrons. The molecule has 0 fully saturated rings. The number of nitrogens with one attached hydrogen (secondary N) is 2. The van der Waals surface area contributed by atoms with Gasteiger partial charge in [0.2, 0.25) is 0 Å². The van der Waals surface area contributed by atoms with Crippen LogP contribution < -0.4 is 15.4 Å². The number of furan rings is 1. The van der Waals surface area contributed by atoms with E-state index in [0.29, 0.717) is 11.7 Å². The molecule has 0 saturated heterocycles. The van der Waals surface area contributed by atoms with Crippen LogP contribution in [-0.2, 0) is 6.54 Å². The van der Waals surface area contributed by atoms with Crippen molar-refractivity contribution in [1.82, 2.24) is 5.32 Å². The summed E-state index contributed by atoms with van der Waals surface area (Å²) in [6, 6.07) is 11.4. The van der Waals surface area contributed by atoms with E-state index in [4.69, 9.17) is 21.4 Å². The van der Waals surface area contributed by atoms with E-state index in [1.807, 2.05) is 50.2 Å². The Morgan fingerprint density at radius 2 is 2.15 bits per heavy atom. The first kappa shape index (κ1) is 14.4. The molecule has 1 aromatic carbocycles. The van der Waals surface area contributed by atoms with Crippen LogP contribution in [0.2, 0.25) is 0 Å². The van der Waals surface area contributed by atoms with Crippen molar-refractivity contribution in [2.24, 2.45) is 0 Å². The van der Waals surface area contributed by atoms with Crippen LogP contribution in [0.15, 0.2) is 47.1 Å². The lowest BCUT2D eigenvalue weighted by Crippen LogP contribution is -2.27. The second-order valence-corrected chi connectivity index (χ2v) is 4.99. The minimum absolute atomic E-state index is 0.147. The van der Waals surface area contributed by atoms with Gasteiger partial charge in [0.15, 0.2) is 5.11 Å². The van der Waals surface area contributed by atoms with Crippen molar-refractivity contribution in [3.63, 3.8) is 0 Å². The van der Waals surface area contributed by atoms with E-state index in [0.717, 1.165) is 17.2 Å². The highest BCUT2D eigenvalue weighted by atomic mass is 32.1. The average Bonchev–Trinajstić information content (AvgIpc) is 2.89. The molecular weight excluding hydrogens is 272 g/mol. The Morgan fingerprint density at radius 3 is 2.85 bits per heavy atom. The SMILES string of the molecule is CC(C)Oc1cccc(NC(=S)NCc2ccco2)c1. The maximum atomic E-state index is 5.64. The summed E-state index contributed by atoms with van der Waals surface area (Å²) >= 11 is 5.24. The Labute approximate surface area is 124 Å². The molecule has 0 aliphatic heterocycles. The van der Waals surface area contributed by atoms with Gasteiger partial charge < -0.3 is 19.8 Å². The summed E-state index contributed by atoms with van der Waals surface area (Å²) in [5.41, 5.74) is 0.889. The number of hydrogen-bond donors (Lipinski definition) is 2. The molecule has 0 bridgehead atoms. The van der Waals surface area contributed by atoms with E-state index in [2.05, 4.69) is 10.6 Å². The van der Waals surface area contributed by atoms with E-state index in [-0.39, 0.29) is 6.10 Å². The van der Waals surface area contributed by atoms with Crippen LogP contribution in [0, 0.1) is 0 Å². The molecule has 0 aliphatic rings. The zero-order chi connectivity index (χ0) is 14.4. The fourth-order valence-electron chi connectivity index (χ4n) is 1.68. The van der Waals surface area contributed by atoms with Gasteiger partial charge in [-0.2, -0.15) is 0 Å². The Balaban J connectivity index is 1.87. The first-order chi connectivity index (χ1) is 9.63. The monoisotopic (exact) mass is 290 g/mol. The fraction of sp³-hybridized carbons (Fsp3) is 0.267. The third-order valence-corrected chi connectivity index (χ3v) is 2.71. The van der Waals surface area contributed by atoms with Gasteiger partial charge in [-0.25, -0.2) is 0 Å². The summed E-state index contributed by atoms with van der Waals surface area (Å²) in [4.78, 5) is 0. The van der Waals surface area contributed by atoms with Crippen LogP contribution in [0.3, 0.4) is 0 Å². The van der Waals surface area contributed by atoms with Crippen LogP contribution in [0.5, 0.6) is 5.75 Å². The lowest BCUT2D eigenvalue weighted by Gasteiger charge is -2.13. The largest absolute Gasteiger partial charge is 0.491 e. The number of anilines is 1. The molecule has 0 unspecified atom stereocenters. The van der Waals surface area contributed by atoms with Crippen molar-refractivity contribution in [2.75, 3.05) is 5.32 Å². The molecule has 0 amide bonds. The third-order valence-electron chi connectivity index (χ3n) is 2.47. The normalized spacial score (nSPS) is 10.3. The maximum Gasteiger partial charge on any atom is 0.171 e. The van der Waals surface area contributed by atoms with Gasteiger partial charge in [0.25, 0.3) is 0 Å². The van der Waals surface area contributed by atoms with E-state index < -0.39 is 0 Å². The maximum absolute atomic E-state index is 5.64. The Hall–Kier alpha value is -2.01. The lowest BCUT2D eigenvalue weighted by atomic mass is 10.3. The molecule has 0 saturated carbocycles. The quantitative estimate of drug-likeness (QED) is 0.825. The van der Waals surface area contributed by atoms with Gasteiger partial charge in [-0.05, 0) is 50.3 Å². The third kappa shape index (κ3) is 4.59. The van der Waals surface area contributed by atoms with E-state index in [1.54, 1.807) is 6.26 Å². The molecule has 2 aromatic rings. The first-order valence-electron chi connectivity index (χ1n) is 6.47. The summed E-state index contributed by atoms with van der Waals surface area (Å²) in [6.45, 7) is 4.55. The van der Waals surface area contributed by atoms with Crippen LogP contribution in [0.25, 0.3) is 0 Å². The van der Waals surface area contributed by atoms with E-state index in [1.165, 1.54) is 0 Å². The molecule has 20 heavy (non-hydrogen) atoms. The van der Waals surface area contributed by atoms with Gasteiger partial charge >= 0.3 is 0 Å². The van der Waals surface area contributed by atoms with Crippen molar-refractivity contribution >= 4 is 23.0 Å². The summed E-state index contributed by atoms with van der Waals surface area (Å²) in [5, 5.41) is 6.74. The summed E-state index contributed by atoms with van der Waals surface area (Å²) < 4.78 is 10.9. The standard InChI is InChI=1S/C15H18N2O2S/c1-11(2)19-13-6-3-5-12(9-13)17-15(20)16-10-14-7-4-8-18-14/h3-9,11H,10H2,1-2H3,(H2,16,17,20). The molecule has 5 heteroatoms. The molecule has 2 rings (SSSR count). The van der Waals surface area contributed by atoms with Crippen molar-refractivity contribution in [3.05, 3.63) is 48.4 Å². The van der Waals surface area contributed by atoms with Crippen molar-refractivity contribution in [1.29, 1.82) is 0 Å². The Morgan fingerprint density at radius 1 is 1.30 bits per heavy atom. The summed E-state index contributed by atoms with van der Waals surface area (Å²) in [5.74, 6) is 1.66. The molecule has 4 nitrogen and oxygen atoms in total. The number of benzene rings is 1. The second kappa shape index (κ2) is 6.96. The van der Waals surface area contributed by atoms with Gasteiger partial charge in [0.1, 0.15) is 11.5 Å². The summed E-state index contributed by atoms with van der Waals surface area (Å²) in [7, 11) is 0. The molecule has 1 heterocycles. The number of hydrogen-bond acceptors (Lipinski definition) is 3. The van der Waals surface area contributed by atoms with Gasteiger partial charge in [-0.1, -0.05) is 6.07 Å². The van der Waals surface area contributed by atoms with E-state index >= 15 is 0 Å². The van der Waals surface area contributed by atoms with Gasteiger partial charge in [0.05, 0.1) is 18.9 Å². The van der Waals surface area contributed by atoms with Gasteiger partial charge in [0, 0.05) is 11.8 Å².